The van der Waals surface area contributed by atoms with Crippen molar-refractivity contribution in [3.8, 4) is 5.75 Å². The van der Waals surface area contributed by atoms with Crippen molar-refractivity contribution in [2.24, 2.45) is 11.3 Å². The van der Waals surface area contributed by atoms with E-state index in [0.717, 1.165) is 25.9 Å². The van der Waals surface area contributed by atoms with Gasteiger partial charge in [-0.15, -0.1) is 0 Å². The Hall–Kier alpha value is -1.42. The molecule has 1 atom stereocenters. The predicted molar refractivity (Wildman–Crippen MR) is 76.7 cm³/mol. The van der Waals surface area contributed by atoms with Crippen LogP contribution in [0.2, 0.25) is 0 Å². The van der Waals surface area contributed by atoms with E-state index in [4.69, 9.17) is 4.74 Å². The Bertz CT molecular complexity index is 493. The van der Waals surface area contributed by atoms with E-state index in [-0.39, 0.29) is 11.7 Å². The Morgan fingerprint density at radius 3 is 2.80 bits per heavy atom. The second-order valence-electron chi connectivity index (χ2n) is 5.94. The van der Waals surface area contributed by atoms with Gasteiger partial charge in [0.15, 0.2) is 5.78 Å². The van der Waals surface area contributed by atoms with E-state index in [2.05, 4.69) is 5.32 Å². The molecule has 0 bridgehead atoms. The number of piperidine rings is 1. The lowest BCUT2D eigenvalue weighted by atomic mass is 9.70. The van der Waals surface area contributed by atoms with Crippen LogP contribution >= 0.6 is 0 Å². The van der Waals surface area contributed by atoms with Crippen LogP contribution < -0.4 is 10.1 Å². The largest absolute Gasteiger partial charge is 0.496 e. The fourth-order valence-corrected chi connectivity index (χ4v) is 2.86. The smallest absolute Gasteiger partial charge is 0.172 e. The summed E-state index contributed by atoms with van der Waals surface area (Å²) in [7, 11) is 1.50. The topological polar surface area (TPSA) is 38.3 Å². The van der Waals surface area contributed by atoms with Gasteiger partial charge in [-0.2, -0.15) is 0 Å². The van der Waals surface area contributed by atoms with Gasteiger partial charge in [-0.25, -0.2) is 4.39 Å². The van der Waals surface area contributed by atoms with Crippen LogP contribution in [0.3, 0.4) is 0 Å². The van der Waals surface area contributed by atoms with Crippen molar-refractivity contribution < 1.29 is 13.9 Å². The number of hydrogen-bond donors (Lipinski definition) is 1. The number of benzene rings is 1. The zero-order chi connectivity index (χ0) is 14.8. The Balaban J connectivity index is 2.31. The molecule has 2 rings (SSSR count). The fraction of sp³-hybridized carbons (Fsp3) is 0.562. The van der Waals surface area contributed by atoms with E-state index in [9.17, 15) is 9.18 Å². The van der Waals surface area contributed by atoms with Crippen LogP contribution in [0.25, 0.3) is 0 Å². The molecular formula is C16H22FNO2. The van der Waals surface area contributed by atoms with E-state index >= 15 is 0 Å². The molecule has 1 aromatic carbocycles. The summed E-state index contributed by atoms with van der Waals surface area (Å²) in [4.78, 5) is 12.8. The van der Waals surface area contributed by atoms with Crippen LogP contribution in [-0.2, 0) is 0 Å². The Labute approximate surface area is 119 Å². The number of nitrogens with one attached hydrogen (secondary N) is 1. The van der Waals surface area contributed by atoms with Crippen LogP contribution in [0.1, 0.15) is 37.0 Å². The van der Waals surface area contributed by atoms with Crippen LogP contribution in [0.4, 0.5) is 4.39 Å². The summed E-state index contributed by atoms with van der Waals surface area (Å²) in [6.45, 7) is 5.72. The van der Waals surface area contributed by atoms with Crippen molar-refractivity contribution >= 4 is 5.78 Å². The molecule has 0 saturated carbocycles. The molecule has 1 N–H and O–H groups in total. The van der Waals surface area contributed by atoms with Crippen LogP contribution in [0.15, 0.2) is 18.2 Å². The molecule has 1 aromatic rings. The quantitative estimate of drug-likeness (QED) is 0.861. The van der Waals surface area contributed by atoms with Gasteiger partial charge in [0.05, 0.1) is 12.7 Å². The number of carbonyl (C=O) groups is 1. The van der Waals surface area contributed by atoms with Gasteiger partial charge >= 0.3 is 0 Å². The highest BCUT2D eigenvalue weighted by atomic mass is 19.1. The van der Waals surface area contributed by atoms with Gasteiger partial charge in [-0.1, -0.05) is 13.8 Å². The Morgan fingerprint density at radius 1 is 1.45 bits per heavy atom. The van der Waals surface area contributed by atoms with Gasteiger partial charge in [0.25, 0.3) is 0 Å². The second-order valence-corrected chi connectivity index (χ2v) is 5.94. The average Bonchev–Trinajstić information content (AvgIpc) is 2.47. The summed E-state index contributed by atoms with van der Waals surface area (Å²) in [6, 6.07) is 4.10. The molecule has 110 valence electrons. The van der Waals surface area contributed by atoms with Gasteiger partial charge in [-0.3, -0.25) is 4.79 Å². The average molecular weight is 279 g/mol. The first-order valence-corrected chi connectivity index (χ1v) is 7.06. The van der Waals surface area contributed by atoms with Crippen molar-refractivity contribution in [1.82, 2.24) is 5.32 Å². The normalized spacial score (nSPS) is 19.7. The molecule has 0 aromatic heterocycles. The molecule has 3 nitrogen and oxygen atoms in total. The molecule has 1 heterocycles. The number of methoxy groups -OCH3 is 1. The lowest BCUT2D eigenvalue weighted by Crippen LogP contribution is -2.42. The Morgan fingerprint density at radius 2 is 2.20 bits per heavy atom. The number of carbonyl (C=O) groups excluding carboxylic acids is 1. The molecule has 1 aliphatic rings. The summed E-state index contributed by atoms with van der Waals surface area (Å²) in [5.74, 6) is 0.235. The maximum Gasteiger partial charge on any atom is 0.172 e. The van der Waals surface area contributed by atoms with Gasteiger partial charge in [-0.05, 0) is 50.0 Å². The number of rotatable bonds is 4. The van der Waals surface area contributed by atoms with Gasteiger partial charge in [0.2, 0.25) is 0 Å². The Kier molecular flexibility index (Phi) is 4.43. The van der Waals surface area contributed by atoms with Crippen molar-refractivity contribution in [2.75, 3.05) is 20.2 Å². The standard InChI is InChI=1S/C16H22FNO2/c1-16(2,11-5-4-8-18-10-11)15(19)13-9-12(17)6-7-14(13)20-3/h6-7,9,11,18H,4-5,8,10H2,1-3H3. The molecule has 0 radical (unpaired) electrons. The number of Topliss-reactive ketones (excluding diaryl/α,β-unsaturated/α-hetero) is 1. The molecule has 0 aliphatic carbocycles. The number of halogens is 1. The molecular weight excluding hydrogens is 257 g/mol. The number of hydrogen-bond acceptors (Lipinski definition) is 3. The molecule has 0 spiro atoms. The minimum absolute atomic E-state index is 0.0532. The van der Waals surface area contributed by atoms with Crippen LogP contribution in [0, 0.1) is 17.2 Å². The molecule has 1 fully saturated rings. The highest BCUT2D eigenvalue weighted by Gasteiger charge is 2.38. The predicted octanol–water partition coefficient (Wildman–Crippen LogP) is 3.04. The lowest BCUT2D eigenvalue weighted by molar-refractivity contribution is 0.0704. The van der Waals surface area contributed by atoms with E-state index in [1.165, 1.54) is 25.3 Å². The zero-order valence-electron chi connectivity index (χ0n) is 12.3. The second kappa shape index (κ2) is 5.92. The fourth-order valence-electron chi connectivity index (χ4n) is 2.86. The van der Waals surface area contributed by atoms with Crippen LogP contribution in [-0.4, -0.2) is 26.0 Å². The van der Waals surface area contributed by atoms with E-state index in [1.807, 2.05) is 13.8 Å². The third-order valence-electron chi connectivity index (χ3n) is 4.31. The van der Waals surface area contributed by atoms with Crippen molar-refractivity contribution in [3.05, 3.63) is 29.6 Å². The minimum atomic E-state index is -0.533. The van der Waals surface area contributed by atoms with E-state index in [1.54, 1.807) is 0 Å². The van der Waals surface area contributed by atoms with Gasteiger partial charge in [0, 0.05) is 5.41 Å². The first-order chi connectivity index (χ1) is 9.46. The highest BCUT2D eigenvalue weighted by Crippen LogP contribution is 2.37. The van der Waals surface area contributed by atoms with E-state index < -0.39 is 11.2 Å². The summed E-state index contributed by atoms with van der Waals surface area (Å²) in [6.07, 6.45) is 2.09. The van der Waals surface area contributed by atoms with Crippen molar-refractivity contribution in [1.29, 1.82) is 0 Å². The molecule has 20 heavy (non-hydrogen) atoms. The maximum absolute atomic E-state index is 13.5. The molecule has 1 aliphatic heterocycles. The summed E-state index contributed by atoms with van der Waals surface area (Å²) in [5.41, 5.74) is -0.197. The zero-order valence-corrected chi connectivity index (χ0v) is 12.3. The highest BCUT2D eigenvalue weighted by molar-refractivity contribution is 6.02. The lowest BCUT2D eigenvalue weighted by Gasteiger charge is -2.36. The van der Waals surface area contributed by atoms with Crippen molar-refractivity contribution in [2.45, 2.75) is 26.7 Å². The summed E-state index contributed by atoms with van der Waals surface area (Å²) in [5, 5.41) is 3.33. The minimum Gasteiger partial charge on any atom is -0.496 e. The first-order valence-electron chi connectivity index (χ1n) is 7.06. The third kappa shape index (κ3) is 2.85. The first kappa shape index (κ1) is 15.0. The monoisotopic (exact) mass is 279 g/mol. The van der Waals surface area contributed by atoms with Gasteiger partial charge < -0.3 is 10.1 Å². The number of ketones is 1. The molecule has 0 amide bonds. The molecule has 4 heteroatoms. The third-order valence-corrected chi connectivity index (χ3v) is 4.31. The maximum atomic E-state index is 13.5. The summed E-state index contributed by atoms with van der Waals surface area (Å²) >= 11 is 0. The van der Waals surface area contributed by atoms with E-state index in [0.29, 0.717) is 11.3 Å². The molecule has 1 unspecified atom stereocenters. The van der Waals surface area contributed by atoms with Crippen LogP contribution in [0.5, 0.6) is 5.75 Å². The van der Waals surface area contributed by atoms with Gasteiger partial charge in [0.1, 0.15) is 11.6 Å². The number of ether oxygens (including phenoxy) is 1. The van der Waals surface area contributed by atoms with Crippen molar-refractivity contribution in [3.63, 3.8) is 0 Å². The molecule has 1 saturated heterocycles. The summed E-state index contributed by atoms with van der Waals surface area (Å²) < 4.78 is 18.7. The SMILES string of the molecule is COc1ccc(F)cc1C(=O)C(C)(C)C1CCCNC1.